The molecule has 0 bridgehead atoms. The van der Waals surface area contributed by atoms with Crippen LogP contribution >= 0.6 is 0 Å². The van der Waals surface area contributed by atoms with Crippen molar-refractivity contribution in [1.82, 2.24) is 25.0 Å². The largest absolute Gasteiger partial charge is 0.451 e. The van der Waals surface area contributed by atoms with E-state index in [-0.39, 0.29) is 0 Å². The molecule has 0 aromatic carbocycles. The van der Waals surface area contributed by atoms with Gasteiger partial charge in [0.05, 0.1) is 6.54 Å². The number of hydrogen-bond donors (Lipinski definition) is 1. The van der Waals surface area contributed by atoms with Crippen LogP contribution in [0, 0.1) is 0 Å². The van der Waals surface area contributed by atoms with Crippen LogP contribution in [0.1, 0.15) is 31.4 Å². The van der Waals surface area contributed by atoms with Crippen molar-refractivity contribution >= 4 is 0 Å². The van der Waals surface area contributed by atoms with E-state index in [0.29, 0.717) is 37.5 Å². The summed E-state index contributed by atoms with van der Waals surface area (Å²) in [4.78, 5) is 2.24. The normalized spacial score (nSPS) is 28.4. The van der Waals surface area contributed by atoms with Crippen molar-refractivity contribution in [3.63, 3.8) is 0 Å². The summed E-state index contributed by atoms with van der Waals surface area (Å²) < 4.78 is 39.5. The minimum atomic E-state index is -4.42. The van der Waals surface area contributed by atoms with Crippen LogP contribution in [0.3, 0.4) is 0 Å². The monoisotopic (exact) mass is 289 g/mol. The van der Waals surface area contributed by atoms with E-state index in [2.05, 4.69) is 27.3 Å². The van der Waals surface area contributed by atoms with Crippen LogP contribution in [0.25, 0.3) is 0 Å². The summed E-state index contributed by atoms with van der Waals surface area (Å²) in [5, 5.41) is 10.4. The average Bonchev–Trinajstić information content (AvgIpc) is 2.81. The van der Waals surface area contributed by atoms with E-state index in [1.54, 1.807) is 0 Å². The molecule has 2 unspecified atom stereocenters. The molecule has 2 aliphatic heterocycles. The summed E-state index contributed by atoms with van der Waals surface area (Å²) in [6.45, 7) is 4.50. The second kappa shape index (κ2) is 5.00. The minimum absolute atomic E-state index is 0.315. The highest BCUT2D eigenvalue weighted by Gasteiger charge is 2.40. The van der Waals surface area contributed by atoms with E-state index in [1.165, 1.54) is 4.57 Å². The van der Waals surface area contributed by atoms with Crippen LogP contribution in [-0.2, 0) is 19.3 Å². The van der Waals surface area contributed by atoms with Crippen molar-refractivity contribution in [1.29, 1.82) is 0 Å². The number of rotatable bonds is 1. The van der Waals surface area contributed by atoms with Crippen LogP contribution in [0.4, 0.5) is 13.2 Å². The minimum Gasteiger partial charge on any atom is -0.314 e. The Morgan fingerprint density at radius 2 is 2.05 bits per heavy atom. The van der Waals surface area contributed by atoms with Gasteiger partial charge in [-0.3, -0.25) is 4.90 Å². The summed E-state index contributed by atoms with van der Waals surface area (Å²) in [6.07, 6.45) is -2.36. The molecule has 1 aromatic heterocycles. The third-order valence-corrected chi connectivity index (χ3v) is 4.15. The predicted molar refractivity (Wildman–Crippen MR) is 65.9 cm³/mol. The first-order valence-corrected chi connectivity index (χ1v) is 6.92. The second-order valence-corrected chi connectivity index (χ2v) is 5.59. The Bertz CT molecular complexity index is 484. The van der Waals surface area contributed by atoms with Gasteiger partial charge in [-0.15, -0.1) is 10.2 Å². The van der Waals surface area contributed by atoms with Gasteiger partial charge in [-0.25, -0.2) is 0 Å². The highest BCUT2D eigenvalue weighted by molar-refractivity contribution is 5.03. The number of hydrogen-bond acceptors (Lipinski definition) is 4. The van der Waals surface area contributed by atoms with Crippen molar-refractivity contribution in [3.05, 3.63) is 11.6 Å². The maximum absolute atomic E-state index is 12.8. The van der Waals surface area contributed by atoms with E-state index >= 15 is 0 Å². The predicted octanol–water partition coefficient (Wildman–Crippen LogP) is 1.25. The van der Waals surface area contributed by atoms with Crippen molar-refractivity contribution in [2.75, 3.05) is 13.1 Å². The molecule has 0 spiro atoms. The molecule has 112 valence electrons. The van der Waals surface area contributed by atoms with Gasteiger partial charge in [0, 0.05) is 25.2 Å². The molecular formula is C12H18F3N5. The van der Waals surface area contributed by atoms with Crippen LogP contribution < -0.4 is 5.32 Å². The van der Waals surface area contributed by atoms with Gasteiger partial charge >= 0.3 is 6.18 Å². The zero-order chi connectivity index (χ0) is 14.3. The molecule has 5 nitrogen and oxygen atoms in total. The molecule has 3 heterocycles. The van der Waals surface area contributed by atoms with Crippen molar-refractivity contribution in [3.8, 4) is 0 Å². The fourth-order valence-electron chi connectivity index (χ4n) is 3.14. The Labute approximate surface area is 115 Å². The lowest BCUT2D eigenvalue weighted by Crippen LogP contribution is -2.49. The number of piperidine rings is 1. The molecule has 20 heavy (non-hydrogen) atoms. The number of nitrogens with one attached hydrogen (secondary N) is 1. The first-order valence-electron chi connectivity index (χ1n) is 6.92. The maximum atomic E-state index is 12.8. The topological polar surface area (TPSA) is 46.0 Å². The Kier molecular flexibility index (Phi) is 3.45. The van der Waals surface area contributed by atoms with Gasteiger partial charge in [0.1, 0.15) is 5.82 Å². The van der Waals surface area contributed by atoms with E-state index in [0.717, 1.165) is 19.4 Å². The molecule has 1 fully saturated rings. The summed E-state index contributed by atoms with van der Waals surface area (Å²) in [7, 11) is 0. The van der Waals surface area contributed by atoms with Crippen molar-refractivity contribution in [2.45, 2.75) is 51.1 Å². The second-order valence-electron chi connectivity index (χ2n) is 5.59. The van der Waals surface area contributed by atoms with Gasteiger partial charge in [-0.2, -0.15) is 13.2 Å². The molecule has 8 heteroatoms. The molecule has 0 aliphatic carbocycles. The third kappa shape index (κ3) is 2.54. The van der Waals surface area contributed by atoms with Crippen LogP contribution in [0.2, 0.25) is 0 Å². The number of alkyl halides is 3. The molecule has 0 amide bonds. The Hall–Kier alpha value is -1.15. The lowest BCUT2D eigenvalue weighted by molar-refractivity contribution is -0.148. The molecule has 3 rings (SSSR count). The van der Waals surface area contributed by atoms with E-state index in [9.17, 15) is 13.2 Å². The first-order chi connectivity index (χ1) is 9.45. The summed E-state index contributed by atoms with van der Waals surface area (Å²) in [6, 6.07) is 0.880. The molecule has 0 radical (unpaired) electrons. The van der Waals surface area contributed by atoms with Crippen molar-refractivity contribution in [2.24, 2.45) is 0 Å². The number of nitrogens with zero attached hydrogens (tertiary/aromatic N) is 4. The van der Waals surface area contributed by atoms with Gasteiger partial charge in [0.2, 0.25) is 5.82 Å². The van der Waals surface area contributed by atoms with Crippen LogP contribution in [-0.4, -0.2) is 44.8 Å². The maximum Gasteiger partial charge on any atom is 0.451 e. The summed E-state index contributed by atoms with van der Waals surface area (Å²) in [5.41, 5.74) is 0. The Balaban J connectivity index is 1.75. The molecule has 1 saturated heterocycles. The highest BCUT2D eigenvalue weighted by Crippen LogP contribution is 2.30. The van der Waals surface area contributed by atoms with Gasteiger partial charge in [-0.05, 0) is 26.3 Å². The zero-order valence-corrected chi connectivity index (χ0v) is 11.3. The number of aromatic nitrogens is 3. The summed E-state index contributed by atoms with van der Waals surface area (Å²) in [5.74, 6) is -0.444. The smallest absolute Gasteiger partial charge is 0.314 e. The van der Waals surface area contributed by atoms with Crippen LogP contribution in [0.15, 0.2) is 0 Å². The molecule has 2 aliphatic rings. The SMILES string of the molecule is CC1CC(N2CCn3c(nnc3C(F)(F)F)C2)CCN1. The fourth-order valence-corrected chi connectivity index (χ4v) is 3.14. The zero-order valence-electron chi connectivity index (χ0n) is 11.3. The molecule has 1 N–H and O–H groups in total. The van der Waals surface area contributed by atoms with Crippen molar-refractivity contribution < 1.29 is 13.2 Å². The molecule has 2 atom stereocenters. The lowest BCUT2D eigenvalue weighted by atomic mass is 9.98. The number of fused-ring (bicyclic) bond motifs is 1. The number of halogens is 3. The lowest BCUT2D eigenvalue weighted by Gasteiger charge is -2.39. The molecular weight excluding hydrogens is 271 g/mol. The molecule has 0 saturated carbocycles. The first kappa shape index (κ1) is 13.8. The van der Waals surface area contributed by atoms with Gasteiger partial charge in [0.15, 0.2) is 0 Å². The Morgan fingerprint density at radius 1 is 1.25 bits per heavy atom. The van der Waals surface area contributed by atoms with Gasteiger partial charge in [0.25, 0.3) is 0 Å². The van der Waals surface area contributed by atoms with Crippen LogP contribution in [0.5, 0.6) is 0 Å². The average molecular weight is 289 g/mol. The Morgan fingerprint density at radius 3 is 2.75 bits per heavy atom. The van der Waals surface area contributed by atoms with E-state index < -0.39 is 12.0 Å². The fraction of sp³-hybridized carbons (Fsp3) is 0.833. The highest BCUT2D eigenvalue weighted by atomic mass is 19.4. The summed E-state index contributed by atoms with van der Waals surface area (Å²) >= 11 is 0. The van der Waals surface area contributed by atoms with E-state index in [4.69, 9.17) is 0 Å². The standard InChI is InChI=1S/C12H18F3N5/c1-8-6-9(2-3-16-8)19-4-5-20-10(7-19)17-18-11(20)12(13,14)15/h8-9,16H,2-7H2,1H3. The van der Waals surface area contributed by atoms with Gasteiger partial charge < -0.3 is 9.88 Å². The van der Waals surface area contributed by atoms with E-state index in [1.807, 2.05) is 0 Å². The van der Waals surface area contributed by atoms with Gasteiger partial charge in [-0.1, -0.05) is 0 Å². The molecule has 1 aromatic rings. The third-order valence-electron chi connectivity index (χ3n) is 4.15. The quantitative estimate of drug-likeness (QED) is 0.845.